The van der Waals surface area contributed by atoms with Gasteiger partial charge in [-0.2, -0.15) is 0 Å². The molecule has 2 unspecified atom stereocenters. The van der Waals surface area contributed by atoms with Gasteiger partial charge in [0.05, 0.1) is 33.4 Å². The van der Waals surface area contributed by atoms with Gasteiger partial charge in [-0.25, -0.2) is 0 Å². The van der Waals surface area contributed by atoms with Crippen LogP contribution >= 0.6 is 0 Å². The van der Waals surface area contributed by atoms with Gasteiger partial charge < -0.3 is 24.0 Å². The molecule has 0 bridgehead atoms. The molecule has 30 heavy (non-hydrogen) atoms. The van der Waals surface area contributed by atoms with Crippen molar-refractivity contribution in [3.05, 3.63) is 23.8 Å². The summed E-state index contributed by atoms with van der Waals surface area (Å²) in [6.45, 7) is 3.35. The Morgan fingerprint density at radius 2 is 1.70 bits per heavy atom. The van der Waals surface area contributed by atoms with Crippen LogP contribution in [0.3, 0.4) is 0 Å². The molecule has 0 radical (unpaired) electrons. The number of hydrogen-bond acceptors (Lipinski definition) is 5. The molecule has 1 aromatic carbocycles. The number of carbonyl (C=O) groups is 2. The average Bonchev–Trinajstić information content (AvgIpc) is 3.49. The number of carbonyl (C=O) groups excluding carboxylic acids is 2. The van der Waals surface area contributed by atoms with E-state index in [0.29, 0.717) is 39.4 Å². The summed E-state index contributed by atoms with van der Waals surface area (Å²) in [4.78, 5) is 30.5. The Morgan fingerprint density at radius 3 is 2.37 bits per heavy atom. The monoisotopic (exact) mass is 416 g/mol. The SMILES string of the molecule is COc1ccc(OC)c(C2CN(C(=O)C3CCCC3)CC2C(=O)N2CCOCC2)c1. The molecular formula is C23H32N2O5. The number of morpholine rings is 1. The summed E-state index contributed by atoms with van der Waals surface area (Å²) in [7, 11) is 3.27. The van der Waals surface area contributed by atoms with Gasteiger partial charge in [0.1, 0.15) is 11.5 Å². The highest BCUT2D eigenvalue weighted by Crippen LogP contribution is 2.41. The van der Waals surface area contributed by atoms with Crippen LogP contribution in [0.15, 0.2) is 18.2 Å². The van der Waals surface area contributed by atoms with Gasteiger partial charge in [0.15, 0.2) is 0 Å². The zero-order chi connectivity index (χ0) is 21.1. The second-order valence-electron chi connectivity index (χ2n) is 8.48. The molecule has 2 heterocycles. The second-order valence-corrected chi connectivity index (χ2v) is 8.48. The van der Waals surface area contributed by atoms with Crippen molar-refractivity contribution in [1.29, 1.82) is 0 Å². The molecule has 0 spiro atoms. The van der Waals surface area contributed by atoms with Crippen LogP contribution in [0.5, 0.6) is 11.5 Å². The lowest BCUT2D eigenvalue weighted by Crippen LogP contribution is -2.45. The summed E-state index contributed by atoms with van der Waals surface area (Å²) in [5.41, 5.74) is 0.935. The molecule has 164 valence electrons. The standard InChI is InChI=1S/C23H32N2O5/c1-28-17-7-8-21(29-2)18(13-17)19-14-25(22(26)16-5-3-4-6-16)15-20(19)23(27)24-9-11-30-12-10-24/h7-8,13,16,19-20H,3-6,9-12,14-15H2,1-2H3. The number of nitrogens with zero attached hydrogens (tertiary/aromatic N) is 2. The van der Waals surface area contributed by atoms with E-state index < -0.39 is 0 Å². The molecular weight excluding hydrogens is 384 g/mol. The largest absolute Gasteiger partial charge is 0.497 e. The number of benzene rings is 1. The van der Waals surface area contributed by atoms with E-state index in [9.17, 15) is 9.59 Å². The van der Waals surface area contributed by atoms with Crippen molar-refractivity contribution < 1.29 is 23.8 Å². The first-order valence-corrected chi connectivity index (χ1v) is 11.0. The zero-order valence-corrected chi connectivity index (χ0v) is 18.0. The number of ether oxygens (including phenoxy) is 3. The van der Waals surface area contributed by atoms with Crippen LogP contribution in [0.2, 0.25) is 0 Å². The van der Waals surface area contributed by atoms with E-state index in [1.807, 2.05) is 28.0 Å². The molecule has 4 rings (SSSR count). The fourth-order valence-electron chi connectivity index (χ4n) is 5.13. The maximum absolute atomic E-state index is 13.5. The van der Waals surface area contributed by atoms with Crippen LogP contribution in [-0.4, -0.2) is 75.2 Å². The molecule has 1 saturated carbocycles. The average molecular weight is 417 g/mol. The lowest BCUT2D eigenvalue weighted by atomic mass is 9.87. The Labute approximate surface area is 178 Å². The summed E-state index contributed by atoms with van der Waals surface area (Å²) in [6, 6.07) is 5.69. The maximum Gasteiger partial charge on any atom is 0.228 e. The van der Waals surface area contributed by atoms with Crippen LogP contribution in [-0.2, 0) is 14.3 Å². The molecule has 3 fully saturated rings. The van der Waals surface area contributed by atoms with E-state index in [-0.39, 0.29) is 29.6 Å². The third-order valence-electron chi connectivity index (χ3n) is 6.81. The van der Waals surface area contributed by atoms with Crippen LogP contribution in [0.1, 0.15) is 37.2 Å². The number of amides is 2. The van der Waals surface area contributed by atoms with Crippen molar-refractivity contribution in [2.24, 2.45) is 11.8 Å². The predicted octanol–water partition coefficient (Wildman–Crippen LogP) is 2.29. The quantitative estimate of drug-likeness (QED) is 0.737. The lowest BCUT2D eigenvalue weighted by Gasteiger charge is -2.31. The van der Waals surface area contributed by atoms with Gasteiger partial charge in [-0.05, 0) is 31.0 Å². The summed E-state index contributed by atoms with van der Waals surface area (Å²) in [5.74, 6) is 1.48. The normalized spacial score (nSPS) is 24.9. The summed E-state index contributed by atoms with van der Waals surface area (Å²) >= 11 is 0. The molecule has 2 amide bonds. The first kappa shape index (κ1) is 21.0. The minimum absolute atomic E-state index is 0.106. The highest BCUT2D eigenvalue weighted by molar-refractivity contribution is 5.84. The summed E-state index contributed by atoms with van der Waals surface area (Å²) in [5, 5.41) is 0. The molecule has 0 N–H and O–H groups in total. The van der Waals surface area contributed by atoms with E-state index in [0.717, 1.165) is 42.7 Å². The first-order chi connectivity index (χ1) is 14.6. The summed E-state index contributed by atoms with van der Waals surface area (Å²) in [6.07, 6.45) is 4.16. The topological polar surface area (TPSA) is 68.3 Å². The minimum Gasteiger partial charge on any atom is -0.497 e. The van der Waals surface area contributed by atoms with Crippen molar-refractivity contribution in [3.63, 3.8) is 0 Å². The van der Waals surface area contributed by atoms with Crippen LogP contribution in [0.25, 0.3) is 0 Å². The highest BCUT2D eigenvalue weighted by Gasteiger charge is 2.44. The Balaban J connectivity index is 1.64. The van der Waals surface area contributed by atoms with Crippen molar-refractivity contribution >= 4 is 11.8 Å². The Morgan fingerprint density at radius 1 is 0.967 bits per heavy atom. The Kier molecular flexibility index (Phi) is 6.46. The number of hydrogen-bond donors (Lipinski definition) is 0. The van der Waals surface area contributed by atoms with Crippen molar-refractivity contribution in [3.8, 4) is 11.5 Å². The van der Waals surface area contributed by atoms with Gasteiger partial charge in [-0.1, -0.05) is 12.8 Å². The Hall–Kier alpha value is -2.28. The molecule has 7 heteroatoms. The zero-order valence-electron chi connectivity index (χ0n) is 18.0. The Bertz CT molecular complexity index is 771. The van der Waals surface area contributed by atoms with E-state index in [1.54, 1.807) is 14.2 Å². The molecule has 3 aliphatic rings. The fraction of sp³-hybridized carbons (Fsp3) is 0.652. The van der Waals surface area contributed by atoms with Gasteiger partial charge in [-0.15, -0.1) is 0 Å². The molecule has 2 aliphatic heterocycles. The molecule has 0 aromatic heterocycles. The van der Waals surface area contributed by atoms with E-state index in [4.69, 9.17) is 14.2 Å². The van der Waals surface area contributed by atoms with Crippen molar-refractivity contribution in [1.82, 2.24) is 9.80 Å². The van der Waals surface area contributed by atoms with E-state index >= 15 is 0 Å². The van der Waals surface area contributed by atoms with Crippen molar-refractivity contribution in [2.75, 3.05) is 53.6 Å². The highest BCUT2D eigenvalue weighted by atomic mass is 16.5. The molecule has 1 aromatic rings. The van der Waals surface area contributed by atoms with Gasteiger partial charge in [0, 0.05) is 43.6 Å². The predicted molar refractivity (Wildman–Crippen MR) is 112 cm³/mol. The molecule has 1 aliphatic carbocycles. The van der Waals surface area contributed by atoms with Crippen LogP contribution in [0.4, 0.5) is 0 Å². The van der Waals surface area contributed by atoms with Gasteiger partial charge in [0.25, 0.3) is 0 Å². The van der Waals surface area contributed by atoms with E-state index in [2.05, 4.69) is 0 Å². The molecule has 2 atom stereocenters. The van der Waals surface area contributed by atoms with E-state index in [1.165, 1.54) is 0 Å². The summed E-state index contributed by atoms with van der Waals surface area (Å²) < 4.78 is 16.5. The third-order valence-corrected chi connectivity index (χ3v) is 6.81. The van der Waals surface area contributed by atoms with Crippen LogP contribution < -0.4 is 9.47 Å². The first-order valence-electron chi connectivity index (χ1n) is 11.0. The van der Waals surface area contributed by atoms with Crippen molar-refractivity contribution in [2.45, 2.75) is 31.6 Å². The molecule has 2 saturated heterocycles. The second kappa shape index (κ2) is 9.25. The van der Waals surface area contributed by atoms with Gasteiger partial charge in [-0.3, -0.25) is 9.59 Å². The van der Waals surface area contributed by atoms with Gasteiger partial charge >= 0.3 is 0 Å². The third kappa shape index (κ3) is 4.13. The van der Waals surface area contributed by atoms with Gasteiger partial charge in [0.2, 0.25) is 11.8 Å². The maximum atomic E-state index is 13.5. The number of rotatable bonds is 5. The minimum atomic E-state index is -0.283. The fourth-order valence-corrected chi connectivity index (χ4v) is 5.13. The number of methoxy groups -OCH3 is 2. The smallest absolute Gasteiger partial charge is 0.228 e. The lowest BCUT2D eigenvalue weighted by molar-refractivity contribution is -0.140. The van der Waals surface area contributed by atoms with Crippen LogP contribution in [0, 0.1) is 11.8 Å². The number of likely N-dealkylation sites (tertiary alicyclic amines) is 1. The molecule has 7 nitrogen and oxygen atoms in total.